The Balaban J connectivity index is 1.89. The number of hydrogen-bond donors (Lipinski definition) is 1. The van der Waals surface area contributed by atoms with Crippen molar-refractivity contribution in [1.29, 1.82) is 0 Å². The second kappa shape index (κ2) is 6.14. The lowest BCUT2D eigenvalue weighted by molar-refractivity contribution is -0.0521. The Morgan fingerprint density at radius 1 is 1.42 bits per heavy atom. The van der Waals surface area contributed by atoms with Crippen LogP contribution in [0, 0.1) is 5.82 Å². The molecule has 0 aromatic heterocycles. The number of ether oxygens (including phenoxy) is 2. The monoisotopic (exact) mass is 275 g/mol. The molecule has 0 aliphatic carbocycles. The van der Waals surface area contributed by atoms with Crippen LogP contribution in [0.4, 0.5) is 18.9 Å². The van der Waals surface area contributed by atoms with Crippen LogP contribution in [0.3, 0.4) is 0 Å². The Morgan fingerprint density at radius 2 is 2.21 bits per heavy atom. The summed E-state index contributed by atoms with van der Waals surface area (Å²) in [6.45, 7) is -0.448. The summed E-state index contributed by atoms with van der Waals surface area (Å²) >= 11 is 0. The Kier molecular flexibility index (Phi) is 4.52. The summed E-state index contributed by atoms with van der Waals surface area (Å²) < 4.78 is 47.0. The summed E-state index contributed by atoms with van der Waals surface area (Å²) in [5, 5.41) is 3.02. The first-order valence-corrected chi connectivity index (χ1v) is 6.18. The van der Waals surface area contributed by atoms with E-state index in [1.54, 1.807) is 0 Å². The molecule has 0 spiro atoms. The van der Waals surface area contributed by atoms with Crippen molar-refractivity contribution in [2.45, 2.75) is 38.6 Å². The van der Waals surface area contributed by atoms with E-state index in [2.05, 4.69) is 10.1 Å². The van der Waals surface area contributed by atoms with Gasteiger partial charge in [0.05, 0.1) is 12.2 Å². The molecule has 0 saturated carbocycles. The Morgan fingerprint density at radius 3 is 2.79 bits per heavy atom. The lowest BCUT2D eigenvalue weighted by atomic mass is 10.2. The minimum atomic E-state index is -3.03. The van der Waals surface area contributed by atoms with Gasteiger partial charge in [0.15, 0.2) is 11.6 Å². The number of rotatable bonds is 5. The normalized spacial score (nSPS) is 22.8. The van der Waals surface area contributed by atoms with Gasteiger partial charge in [-0.25, -0.2) is 4.39 Å². The molecule has 1 aromatic carbocycles. The quantitative estimate of drug-likeness (QED) is 0.893. The van der Waals surface area contributed by atoms with Crippen LogP contribution in [0.1, 0.15) is 19.8 Å². The first kappa shape index (κ1) is 14.0. The fourth-order valence-electron chi connectivity index (χ4n) is 2.07. The van der Waals surface area contributed by atoms with E-state index in [0.29, 0.717) is 12.2 Å². The zero-order chi connectivity index (χ0) is 13.8. The molecule has 19 heavy (non-hydrogen) atoms. The van der Waals surface area contributed by atoms with Gasteiger partial charge < -0.3 is 14.8 Å². The largest absolute Gasteiger partial charge is 0.432 e. The third-order valence-corrected chi connectivity index (χ3v) is 3.00. The van der Waals surface area contributed by atoms with Gasteiger partial charge in [-0.05, 0) is 31.9 Å². The van der Waals surface area contributed by atoms with E-state index in [9.17, 15) is 13.2 Å². The summed E-state index contributed by atoms with van der Waals surface area (Å²) in [5.41, 5.74) is 0.516. The molecule has 1 saturated heterocycles. The predicted octanol–water partition coefficient (Wildman–Crippen LogP) is 3.41. The van der Waals surface area contributed by atoms with E-state index in [0.717, 1.165) is 18.9 Å². The van der Waals surface area contributed by atoms with Crippen molar-refractivity contribution in [2.24, 2.45) is 0 Å². The predicted molar refractivity (Wildman–Crippen MR) is 65.1 cm³/mol. The van der Waals surface area contributed by atoms with E-state index in [1.807, 2.05) is 6.92 Å². The van der Waals surface area contributed by atoms with Gasteiger partial charge in [-0.1, -0.05) is 0 Å². The molecule has 6 heteroatoms. The maximum Gasteiger partial charge on any atom is 0.387 e. The number of benzene rings is 1. The highest BCUT2D eigenvalue weighted by atomic mass is 19.3. The molecular weight excluding hydrogens is 259 g/mol. The van der Waals surface area contributed by atoms with Gasteiger partial charge in [0, 0.05) is 18.3 Å². The van der Waals surface area contributed by atoms with Crippen molar-refractivity contribution < 1.29 is 22.6 Å². The number of alkyl halides is 2. The molecule has 1 heterocycles. The van der Waals surface area contributed by atoms with Crippen LogP contribution in [0.5, 0.6) is 5.75 Å². The Labute approximate surface area is 109 Å². The maximum absolute atomic E-state index is 13.4. The van der Waals surface area contributed by atoms with Crippen LogP contribution in [-0.2, 0) is 4.74 Å². The first-order chi connectivity index (χ1) is 9.04. The second-order valence-electron chi connectivity index (χ2n) is 4.55. The Bertz CT molecular complexity index is 428. The van der Waals surface area contributed by atoms with Crippen molar-refractivity contribution in [3.8, 4) is 5.75 Å². The number of hydrogen-bond acceptors (Lipinski definition) is 3. The van der Waals surface area contributed by atoms with Crippen LogP contribution in [-0.4, -0.2) is 25.4 Å². The molecule has 1 fully saturated rings. The Hall–Kier alpha value is -1.43. The van der Waals surface area contributed by atoms with E-state index >= 15 is 0 Å². The van der Waals surface area contributed by atoms with E-state index in [1.165, 1.54) is 12.1 Å². The first-order valence-electron chi connectivity index (χ1n) is 6.18. The van der Waals surface area contributed by atoms with Crippen LogP contribution < -0.4 is 10.1 Å². The van der Waals surface area contributed by atoms with Gasteiger partial charge in [-0.15, -0.1) is 0 Å². The van der Waals surface area contributed by atoms with Gasteiger partial charge in [0.2, 0.25) is 0 Å². The molecule has 106 valence electrons. The van der Waals surface area contributed by atoms with Crippen molar-refractivity contribution >= 4 is 5.69 Å². The minimum Gasteiger partial charge on any atom is -0.432 e. The van der Waals surface area contributed by atoms with E-state index in [4.69, 9.17) is 4.74 Å². The smallest absolute Gasteiger partial charge is 0.387 e. The standard InChI is InChI=1S/C13H16F3NO2/c1-8-2-4-10(18-8)7-17-9-3-5-12(11(14)6-9)19-13(15)16/h3,5-6,8,10,13,17H,2,4,7H2,1H3. The van der Waals surface area contributed by atoms with E-state index < -0.39 is 18.2 Å². The molecule has 1 aromatic rings. The van der Waals surface area contributed by atoms with Crippen molar-refractivity contribution in [3.63, 3.8) is 0 Å². The molecule has 1 aliphatic heterocycles. The minimum absolute atomic E-state index is 0.107. The van der Waals surface area contributed by atoms with E-state index in [-0.39, 0.29) is 12.2 Å². The van der Waals surface area contributed by atoms with Crippen LogP contribution >= 0.6 is 0 Å². The highest BCUT2D eigenvalue weighted by Crippen LogP contribution is 2.24. The SMILES string of the molecule is CC1CCC(CNc2ccc(OC(F)F)c(F)c2)O1. The van der Waals surface area contributed by atoms with Crippen LogP contribution in [0.25, 0.3) is 0 Å². The van der Waals surface area contributed by atoms with Crippen molar-refractivity contribution in [2.75, 3.05) is 11.9 Å². The van der Waals surface area contributed by atoms with Crippen molar-refractivity contribution in [1.82, 2.24) is 0 Å². The average molecular weight is 275 g/mol. The molecule has 1 aliphatic rings. The molecule has 2 unspecified atom stereocenters. The molecular formula is C13H16F3NO2. The molecule has 2 rings (SSSR count). The zero-order valence-electron chi connectivity index (χ0n) is 10.5. The number of nitrogens with one attached hydrogen (secondary N) is 1. The number of anilines is 1. The van der Waals surface area contributed by atoms with Gasteiger partial charge in [-0.3, -0.25) is 0 Å². The van der Waals surface area contributed by atoms with Gasteiger partial charge >= 0.3 is 6.61 Å². The maximum atomic E-state index is 13.4. The zero-order valence-corrected chi connectivity index (χ0v) is 10.5. The van der Waals surface area contributed by atoms with Gasteiger partial charge in [0.1, 0.15) is 0 Å². The summed E-state index contributed by atoms with van der Waals surface area (Å²) in [6.07, 6.45) is 2.34. The summed E-state index contributed by atoms with van der Waals surface area (Å²) in [7, 11) is 0. The van der Waals surface area contributed by atoms with Crippen LogP contribution in [0.2, 0.25) is 0 Å². The summed E-state index contributed by atoms with van der Waals surface area (Å²) in [6, 6.07) is 3.82. The fraction of sp³-hybridized carbons (Fsp3) is 0.538. The topological polar surface area (TPSA) is 30.5 Å². The fourth-order valence-corrected chi connectivity index (χ4v) is 2.07. The summed E-state index contributed by atoms with van der Waals surface area (Å²) in [4.78, 5) is 0. The molecule has 0 radical (unpaired) electrons. The lowest BCUT2D eigenvalue weighted by Crippen LogP contribution is -2.19. The van der Waals surface area contributed by atoms with Gasteiger partial charge in [-0.2, -0.15) is 8.78 Å². The van der Waals surface area contributed by atoms with Gasteiger partial charge in [0.25, 0.3) is 0 Å². The third kappa shape index (κ3) is 4.02. The highest BCUT2D eigenvalue weighted by molar-refractivity contribution is 5.47. The average Bonchev–Trinajstić information content (AvgIpc) is 2.75. The number of halogens is 3. The summed E-state index contributed by atoms with van der Waals surface area (Å²) in [5.74, 6) is -1.27. The third-order valence-electron chi connectivity index (χ3n) is 3.00. The molecule has 2 atom stereocenters. The van der Waals surface area contributed by atoms with Crippen LogP contribution in [0.15, 0.2) is 18.2 Å². The molecule has 0 bridgehead atoms. The molecule has 0 amide bonds. The molecule has 1 N–H and O–H groups in total. The lowest BCUT2D eigenvalue weighted by Gasteiger charge is -2.14. The second-order valence-corrected chi connectivity index (χ2v) is 4.55. The molecule has 3 nitrogen and oxygen atoms in total. The highest BCUT2D eigenvalue weighted by Gasteiger charge is 2.21. The van der Waals surface area contributed by atoms with Crippen molar-refractivity contribution in [3.05, 3.63) is 24.0 Å².